The number of carbonyl (C=O) groups is 2. The minimum absolute atomic E-state index is 0.345. The van der Waals surface area contributed by atoms with Crippen LogP contribution in [0, 0.1) is 0 Å². The van der Waals surface area contributed by atoms with Gasteiger partial charge in [-0.05, 0) is 37.6 Å². The summed E-state index contributed by atoms with van der Waals surface area (Å²) >= 11 is 0. The first kappa shape index (κ1) is 24.6. The van der Waals surface area contributed by atoms with Crippen LogP contribution in [0.15, 0.2) is 36.4 Å². The maximum atomic E-state index is 13.1. The van der Waals surface area contributed by atoms with Gasteiger partial charge in [0.1, 0.15) is 0 Å². The third-order valence-corrected chi connectivity index (χ3v) is 4.41. The first-order chi connectivity index (χ1) is 13.6. The predicted molar refractivity (Wildman–Crippen MR) is 102 cm³/mol. The summed E-state index contributed by atoms with van der Waals surface area (Å²) in [5, 5.41) is 18.9. The molecule has 1 unspecified atom stereocenters. The highest BCUT2D eigenvalue weighted by Crippen LogP contribution is 2.32. The molecule has 0 bridgehead atoms. The molecule has 0 radical (unpaired) electrons. The Morgan fingerprint density at radius 1 is 1.21 bits per heavy atom. The maximum absolute atomic E-state index is 13.1. The van der Waals surface area contributed by atoms with Gasteiger partial charge < -0.3 is 15.5 Å². The van der Waals surface area contributed by atoms with Crippen LogP contribution < -0.4 is 5.32 Å². The van der Waals surface area contributed by atoms with Crippen LogP contribution in [0.25, 0.3) is 0 Å². The molecular formula is C20H27F3N2O4. The Morgan fingerprint density at radius 3 is 2.31 bits per heavy atom. The fourth-order valence-electron chi connectivity index (χ4n) is 3.00. The third kappa shape index (κ3) is 9.58. The van der Waals surface area contributed by atoms with Crippen LogP contribution in [0.5, 0.6) is 0 Å². The molecule has 1 atom stereocenters. The minimum atomic E-state index is -4.28. The molecule has 9 heteroatoms. The highest BCUT2D eigenvalue weighted by atomic mass is 19.4. The smallest absolute Gasteiger partial charge is 0.416 e. The van der Waals surface area contributed by atoms with Gasteiger partial charge in [-0.2, -0.15) is 13.2 Å². The number of rotatable bonds is 8. The molecule has 1 saturated heterocycles. The molecule has 1 aromatic rings. The van der Waals surface area contributed by atoms with Crippen molar-refractivity contribution in [3.8, 4) is 0 Å². The third-order valence-electron chi connectivity index (χ3n) is 4.41. The van der Waals surface area contributed by atoms with Gasteiger partial charge in [0.2, 0.25) is 0 Å². The summed E-state index contributed by atoms with van der Waals surface area (Å²) in [4.78, 5) is 21.3. The highest BCUT2D eigenvalue weighted by Gasteiger charge is 2.34. The molecule has 1 aliphatic rings. The predicted octanol–water partition coefficient (Wildman–Crippen LogP) is 3.38. The van der Waals surface area contributed by atoms with E-state index in [1.165, 1.54) is 12.1 Å². The van der Waals surface area contributed by atoms with Crippen molar-refractivity contribution in [2.75, 3.05) is 19.6 Å². The van der Waals surface area contributed by atoms with Gasteiger partial charge in [0, 0.05) is 31.3 Å². The molecule has 2 rings (SSSR count). The largest absolute Gasteiger partial charge is 0.478 e. The lowest BCUT2D eigenvalue weighted by atomic mass is 10.0. The summed E-state index contributed by atoms with van der Waals surface area (Å²) in [6.07, 6.45) is -0.0776. The topological polar surface area (TPSA) is 89.9 Å². The second kappa shape index (κ2) is 12.2. The second-order valence-electron chi connectivity index (χ2n) is 6.64. The van der Waals surface area contributed by atoms with E-state index in [4.69, 9.17) is 10.2 Å². The van der Waals surface area contributed by atoms with Crippen LogP contribution in [0.1, 0.15) is 37.3 Å². The van der Waals surface area contributed by atoms with Gasteiger partial charge in [0.05, 0.1) is 5.56 Å². The maximum Gasteiger partial charge on any atom is 0.416 e. The quantitative estimate of drug-likeness (QED) is 0.563. The lowest BCUT2D eigenvalue weighted by Crippen LogP contribution is -2.37. The van der Waals surface area contributed by atoms with Crippen LogP contribution in [-0.4, -0.2) is 52.7 Å². The average molecular weight is 416 g/mol. The number of alkyl halides is 3. The van der Waals surface area contributed by atoms with E-state index in [0.717, 1.165) is 38.9 Å². The molecule has 0 aromatic heterocycles. The summed E-state index contributed by atoms with van der Waals surface area (Å²) in [5.41, 5.74) is -0.120. The van der Waals surface area contributed by atoms with Crippen molar-refractivity contribution in [2.45, 2.75) is 44.9 Å². The molecule has 29 heavy (non-hydrogen) atoms. The normalized spacial score (nSPS) is 16.7. The Morgan fingerprint density at radius 2 is 1.83 bits per heavy atom. The van der Waals surface area contributed by atoms with Crippen molar-refractivity contribution < 1.29 is 33.0 Å². The van der Waals surface area contributed by atoms with Crippen LogP contribution >= 0.6 is 0 Å². The zero-order valence-electron chi connectivity index (χ0n) is 16.3. The average Bonchev–Trinajstić information content (AvgIpc) is 3.18. The number of halogens is 3. The number of carboxylic acid groups (broad SMARTS) is 2. The zero-order valence-corrected chi connectivity index (χ0v) is 16.3. The Labute approximate surface area is 168 Å². The number of hydrogen-bond donors (Lipinski definition) is 3. The van der Waals surface area contributed by atoms with Crippen molar-refractivity contribution in [1.29, 1.82) is 0 Å². The highest BCUT2D eigenvalue weighted by molar-refractivity contribution is 5.89. The van der Waals surface area contributed by atoms with E-state index in [1.807, 2.05) is 0 Å². The van der Waals surface area contributed by atoms with Gasteiger partial charge >= 0.3 is 18.1 Å². The molecule has 0 saturated carbocycles. The van der Waals surface area contributed by atoms with Gasteiger partial charge in [-0.25, -0.2) is 9.59 Å². The fourth-order valence-corrected chi connectivity index (χ4v) is 3.00. The minimum Gasteiger partial charge on any atom is -0.478 e. The summed E-state index contributed by atoms with van der Waals surface area (Å²) in [5.74, 6) is -2.51. The monoisotopic (exact) mass is 416 g/mol. The number of benzene rings is 1. The van der Waals surface area contributed by atoms with Crippen molar-refractivity contribution in [1.82, 2.24) is 10.2 Å². The molecule has 162 valence electrons. The van der Waals surface area contributed by atoms with Crippen molar-refractivity contribution in [2.24, 2.45) is 0 Å². The Bertz CT molecular complexity index is 671. The van der Waals surface area contributed by atoms with Gasteiger partial charge in [-0.3, -0.25) is 4.90 Å². The van der Waals surface area contributed by atoms with Gasteiger partial charge in [-0.15, -0.1) is 0 Å². The second-order valence-corrected chi connectivity index (χ2v) is 6.64. The number of nitrogens with zero attached hydrogens (tertiary/aromatic N) is 1. The van der Waals surface area contributed by atoms with E-state index in [2.05, 4.69) is 17.1 Å². The number of unbranched alkanes of at least 4 members (excludes halogenated alkanes) is 1. The van der Waals surface area contributed by atoms with E-state index < -0.39 is 23.7 Å². The van der Waals surface area contributed by atoms with E-state index >= 15 is 0 Å². The van der Waals surface area contributed by atoms with Crippen molar-refractivity contribution >= 4 is 11.9 Å². The molecule has 6 nitrogen and oxygen atoms in total. The molecule has 0 aliphatic carbocycles. The van der Waals surface area contributed by atoms with E-state index in [0.29, 0.717) is 30.3 Å². The Balaban J connectivity index is 0.000000447. The Hall–Kier alpha value is -2.39. The molecule has 1 fully saturated rings. The molecule has 1 aliphatic heterocycles. The number of hydrogen-bond acceptors (Lipinski definition) is 4. The standard InChI is InChI=1S/C16H23F3N2.C4H4O4/c1-2-3-10-21(14-8-9-20-11-14)12-13-6-4-5-7-15(13)16(17,18)19;5-3(6)1-2-4(7)8/h4-7,14,20H,2-3,8-12H2,1H3;1-2H,(H,5,6)(H,7,8)/b;2-1+. The van der Waals surface area contributed by atoms with Crippen LogP contribution in [0.2, 0.25) is 0 Å². The van der Waals surface area contributed by atoms with Crippen molar-refractivity contribution in [3.63, 3.8) is 0 Å². The summed E-state index contributed by atoms with van der Waals surface area (Å²) < 4.78 is 39.3. The van der Waals surface area contributed by atoms with Gasteiger partial charge in [-0.1, -0.05) is 31.5 Å². The lowest BCUT2D eigenvalue weighted by Gasteiger charge is -2.29. The SMILES string of the molecule is CCCCN(Cc1ccccc1C(F)(F)F)C1CCNC1.O=C(O)/C=C/C(=O)O. The van der Waals surface area contributed by atoms with E-state index in [1.54, 1.807) is 12.1 Å². The molecule has 1 aromatic carbocycles. The van der Waals surface area contributed by atoms with Crippen LogP contribution in [0.3, 0.4) is 0 Å². The molecule has 3 N–H and O–H groups in total. The molecule has 0 spiro atoms. The van der Waals surface area contributed by atoms with E-state index in [-0.39, 0.29) is 0 Å². The lowest BCUT2D eigenvalue weighted by molar-refractivity contribution is -0.138. The molecule has 0 amide bonds. The number of carboxylic acids is 2. The summed E-state index contributed by atoms with van der Waals surface area (Å²) in [6.45, 7) is 5.16. The Kier molecular flexibility index (Phi) is 10.4. The van der Waals surface area contributed by atoms with E-state index in [9.17, 15) is 22.8 Å². The van der Waals surface area contributed by atoms with Crippen molar-refractivity contribution in [3.05, 3.63) is 47.5 Å². The van der Waals surface area contributed by atoms with Crippen LogP contribution in [-0.2, 0) is 22.3 Å². The molecule has 1 heterocycles. The summed E-state index contributed by atoms with van der Waals surface area (Å²) in [7, 11) is 0. The van der Waals surface area contributed by atoms with Gasteiger partial charge in [0.25, 0.3) is 0 Å². The number of aliphatic carboxylic acids is 2. The zero-order chi connectivity index (χ0) is 21.9. The van der Waals surface area contributed by atoms with Crippen LogP contribution in [0.4, 0.5) is 13.2 Å². The first-order valence-electron chi connectivity index (χ1n) is 9.39. The fraction of sp³-hybridized carbons (Fsp3) is 0.500. The first-order valence-corrected chi connectivity index (χ1v) is 9.39. The summed E-state index contributed by atoms with van der Waals surface area (Å²) in [6, 6.07) is 6.28. The molecular weight excluding hydrogens is 389 g/mol. The number of nitrogens with one attached hydrogen (secondary N) is 1. The van der Waals surface area contributed by atoms with Gasteiger partial charge in [0.15, 0.2) is 0 Å².